The van der Waals surface area contributed by atoms with Gasteiger partial charge in [-0.15, -0.1) is 0 Å². The molecular formula is C36H32N4. The predicted octanol–water partition coefficient (Wildman–Crippen LogP) is 8.61. The van der Waals surface area contributed by atoms with Gasteiger partial charge in [0.15, 0.2) is 0 Å². The molecule has 5 aromatic rings. The molecule has 0 radical (unpaired) electrons. The van der Waals surface area contributed by atoms with Crippen molar-refractivity contribution in [1.29, 1.82) is 0 Å². The maximum Gasteiger partial charge on any atom is 0.137 e. The molecule has 4 heterocycles. The van der Waals surface area contributed by atoms with E-state index in [1.165, 1.54) is 39.4 Å². The van der Waals surface area contributed by atoms with Gasteiger partial charge in [0.1, 0.15) is 11.6 Å². The van der Waals surface area contributed by atoms with Crippen LogP contribution in [0.15, 0.2) is 97.5 Å². The van der Waals surface area contributed by atoms with E-state index in [1.807, 2.05) is 30.7 Å². The molecule has 196 valence electrons. The summed E-state index contributed by atoms with van der Waals surface area (Å²) in [5, 5.41) is 2.74. The van der Waals surface area contributed by atoms with E-state index in [0.717, 1.165) is 49.4 Å². The normalized spacial score (nSPS) is 21.5. The van der Waals surface area contributed by atoms with Crippen LogP contribution >= 0.6 is 0 Å². The average molecular weight is 521 g/mol. The molecule has 0 spiro atoms. The summed E-state index contributed by atoms with van der Waals surface area (Å²) in [5.41, 5.74) is 8.27. The van der Waals surface area contributed by atoms with Crippen molar-refractivity contribution in [3.05, 3.63) is 120 Å². The first kappa shape index (κ1) is 23.6. The lowest BCUT2D eigenvalue weighted by molar-refractivity contribution is 0.526. The third kappa shape index (κ3) is 3.70. The van der Waals surface area contributed by atoms with Crippen molar-refractivity contribution in [1.82, 2.24) is 15.0 Å². The Morgan fingerprint density at radius 1 is 0.700 bits per heavy atom. The summed E-state index contributed by atoms with van der Waals surface area (Å²) >= 11 is 0. The minimum Gasteiger partial charge on any atom is -0.307 e. The van der Waals surface area contributed by atoms with Gasteiger partial charge in [-0.05, 0) is 102 Å². The molecule has 0 saturated heterocycles. The zero-order valence-corrected chi connectivity index (χ0v) is 22.6. The van der Waals surface area contributed by atoms with Gasteiger partial charge in [-0.1, -0.05) is 54.6 Å². The number of pyridine rings is 3. The lowest BCUT2D eigenvalue weighted by Gasteiger charge is -2.29. The van der Waals surface area contributed by atoms with Gasteiger partial charge < -0.3 is 4.90 Å². The van der Waals surface area contributed by atoms with Crippen molar-refractivity contribution in [2.75, 3.05) is 4.90 Å². The smallest absolute Gasteiger partial charge is 0.137 e. The van der Waals surface area contributed by atoms with Crippen LogP contribution in [0.5, 0.6) is 0 Å². The van der Waals surface area contributed by atoms with Crippen LogP contribution in [0.25, 0.3) is 28.1 Å². The molecule has 3 atom stereocenters. The second-order valence-electron chi connectivity index (χ2n) is 11.4. The third-order valence-electron chi connectivity index (χ3n) is 9.35. The third-order valence-corrected chi connectivity index (χ3v) is 9.35. The summed E-state index contributed by atoms with van der Waals surface area (Å²) < 4.78 is 0. The van der Waals surface area contributed by atoms with E-state index in [0.29, 0.717) is 17.9 Å². The molecule has 3 aliphatic rings. The van der Waals surface area contributed by atoms with E-state index in [9.17, 15) is 0 Å². The van der Waals surface area contributed by atoms with Crippen LogP contribution in [0.3, 0.4) is 0 Å². The number of fused-ring (bicyclic) bond motifs is 5. The number of anilines is 2. The second kappa shape index (κ2) is 9.71. The number of benzene rings is 2. The molecule has 1 saturated carbocycles. The van der Waals surface area contributed by atoms with Crippen LogP contribution < -0.4 is 4.90 Å². The van der Waals surface area contributed by atoms with Gasteiger partial charge in [-0.25, -0.2) is 9.97 Å². The van der Waals surface area contributed by atoms with Crippen LogP contribution in [0.2, 0.25) is 0 Å². The van der Waals surface area contributed by atoms with Crippen molar-refractivity contribution >= 4 is 28.5 Å². The van der Waals surface area contributed by atoms with Crippen LogP contribution in [-0.4, -0.2) is 21.0 Å². The highest BCUT2D eigenvalue weighted by Crippen LogP contribution is 2.52. The van der Waals surface area contributed by atoms with Gasteiger partial charge in [-0.2, -0.15) is 0 Å². The fourth-order valence-corrected chi connectivity index (χ4v) is 7.75. The first-order valence-electron chi connectivity index (χ1n) is 14.7. The molecule has 40 heavy (non-hydrogen) atoms. The van der Waals surface area contributed by atoms with Gasteiger partial charge in [0.2, 0.25) is 0 Å². The van der Waals surface area contributed by atoms with Gasteiger partial charge in [-0.3, -0.25) is 4.98 Å². The van der Waals surface area contributed by atoms with Crippen LogP contribution in [-0.2, 0) is 6.42 Å². The predicted molar refractivity (Wildman–Crippen MR) is 163 cm³/mol. The number of rotatable bonds is 3. The maximum absolute atomic E-state index is 4.86. The monoisotopic (exact) mass is 520 g/mol. The molecular weight excluding hydrogens is 488 g/mol. The summed E-state index contributed by atoms with van der Waals surface area (Å²) in [4.78, 5) is 16.9. The molecule has 2 aromatic carbocycles. The highest BCUT2D eigenvalue weighted by Gasteiger charge is 2.43. The number of nitrogens with zero attached hydrogens (tertiary/aromatic N) is 4. The maximum atomic E-state index is 4.86. The Bertz CT molecular complexity index is 1730. The van der Waals surface area contributed by atoms with Crippen molar-refractivity contribution in [2.24, 2.45) is 0 Å². The van der Waals surface area contributed by atoms with E-state index in [-0.39, 0.29) is 0 Å². The Hall–Kier alpha value is -4.31. The topological polar surface area (TPSA) is 41.9 Å². The molecule has 0 amide bonds. The quantitative estimate of drug-likeness (QED) is 0.239. The van der Waals surface area contributed by atoms with Crippen LogP contribution in [0.4, 0.5) is 11.6 Å². The molecule has 4 nitrogen and oxygen atoms in total. The lowest BCUT2D eigenvalue weighted by atomic mass is 9.77. The van der Waals surface area contributed by atoms with E-state index >= 15 is 0 Å². The van der Waals surface area contributed by atoms with Crippen LogP contribution in [0, 0.1) is 0 Å². The lowest BCUT2D eigenvalue weighted by Crippen LogP contribution is -2.30. The number of allylic oxidation sites excluding steroid dienone is 1. The van der Waals surface area contributed by atoms with E-state index in [1.54, 1.807) is 5.56 Å². The molecule has 0 N–H and O–H groups in total. The van der Waals surface area contributed by atoms with Gasteiger partial charge in [0, 0.05) is 41.7 Å². The summed E-state index contributed by atoms with van der Waals surface area (Å²) in [6.45, 7) is 0. The number of hydrogen-bond acceptors (Lipinski definition) is 4. The highest BCUT2D eigenvalue weighted by molar-refractivity contribution is 6.02. The molecule has 0 bridgehead atoms. The molecule has 3 unspecified atom stereocenters. The number of aromatic nitrogens is 3. The SMILES string of the molecule is C1=Cc2c(c(-c3ccccn3)c3ccccc3c2C2CCC3c4cccnc4N(c4ccccn4)C3CC2)CC1. The Kier molecular flexibility index (Phi) is 5.72. The van der Waals surface area contributed by atoms with Gasteiger partial charge in [0.25, 0.3) is 0 Å². The van der Waals surface area contributed by atoms with Crippen molar-refractivity contribution in [3.8, 4) is 11.3 Å². The van der Waals surface area contributed by atoms with Crippen molar-refractivity contribution < 1.29 is 0 Å². The fraction of sp³-hybridized carbons (Fsp3) is 0.250. The largest absolute Gasteiger partial charge is 0.307 e. The highest BCUT2D eigenvalue weighted by atomic mass is 15.3. The minimum absolute atomic E-state index is 0.384. The summed E-state index contributed by atoms with van der Waals surface area (Å²) in [6, 6.07) is 26.4. The van der Waals surface area contributed by atoms with E-state index < -0.39 is 0 Å². The summed E-state index contributed by atoms with van der Waals surface area (Å²) in [7, 11) is 0. The zero-order valence-electron chi connectivity index (χ0n) is 22.6. The Morgan fingerprint density at radius 2 is 1.50 bits per heavy atom. The standard InChI is InChI=1S/C36H32N4/c1-3-12-28-26(10-1)34(27-11-2-4-13-29(27)35(28)31-15-5-7-21-37-31)24-17-19-25-30-14-9-23-39-36(30)40(32(25)20-18-24)33-16-6-8-22-38-33/h1-3,5-12,14-16,21-25,32H,4,13,17-20H2. The van der Waals surface area contributed by atoms with Crippen molar-refractivity contribution in [2.45, 2.75) is 56.4 Å². The number of hydrogen-bond donors (Lipinski definition) is 0. The van der Waals surface area contributed by atoms with Gasteiger partial charge >= 0.3 is 0 Å². The van der Waals surface area contributed by atoms with Crippen LogP contribution in [0.1, 0.15) is 66.2 Å². The minimum atomic E-state index is 0.384. The van der Waals surface area contributed by atoms with E-state index in [4.69, 9.17) is 15.0 Å². The molecule has 1 fully saturated rings. The average Bonchev–Trinajstić information content (AvgIpc) is 3.18. The Labute approximate surface area is 235 Å². The molecule has 4 heteroatoms. The second-order valence-corrected chi connectivity index (χ2v) is 11.4. The summed E-state index contributed by atoms with van der Waals surface area (Å²) in [5.74, 6) is 3.09. The first-order chi connectivity index (χ1) is 19.9. The molecule has 1 aliphatic heterocycles. The fourth-order valence-electron chi connectivity index (χ4n) is 7.75. The Morgan fingerprint density at radius 3 is 2.35 bits per heavy atom. The summed E-state index contributed by atoms with van der Waals surface area (Å²) in [6.07, 6.45) is 17.3. The Balaban J connectivity index is 1.25. The van der Waals surface area contributed by atoms with E-state index in [2.05, 4.69) is 77.7 Å². The molecule has 3 aromatic heterocycles. The molecule has 8 rings (SSSR count). The zero-order chi connectivity index (χ0) is 26.5. The first-order valence-corrected chi connectivity index (χ1v) is 14.7. The molecule has 2 aliphatic carbocycles. The van der Waals surface area contributed by atoms with Crippen molar-refractivity contribution in [3.63, 3.8) is 0 Å². The van der Waals surface area contributed by atoms with Gasteiger partial charge in [0.05, 0.1) is 5.69 Å².